The maximum Gasteiger partial charge on any atom is 0.251 e. The van der Waals surface area contributed by atoms with E-state index in [0.29, 0.717) is 18.5 Å². The molecule has 3 heterocycles. The molecule has 1 aromatic rings. The van der Waals surface area contributed by atoms with Gasteiger partial charge in [-0.25, -0.2) is 0 Å². The number of carbonyl (C=O) groups is 3. The van der Waals surface area contributed by atoms with Crippen LogP contribution in [0.1, 0.15) is 37.6 Å². The first-order valence-corrected chi connectivity index (χ1v) is 12.0. The molecule has 8 nitrogen and oxygen atoms in total. The Morgan fingerprint density at radius 2 is 1.79 bits per heavy atom. The van der Waals surface area contributed by atoms with Crippen LogP contribution in [-0.2, 0) is 14.3 Å². The Bertz CT molecular complexity index is 879. The number of amides is 2. The number of Topliss-reactive ketones (excluding diaryl/α,β-unsaturated/α-hetero) is 1. The topological polar surface area (TPSA) is 82.2 Å². The van der Waals surface area contributed by atoms with Crippen LogP contribution in [0.25, 0.3) is 0 Å². The van der Waals surface area contributed by atoms with Gasteiger partial charge in [0.05, 0.1) is 6.10 Å². The van der Waals surface area contributed by atoms with Crippen LogP contribution in [0, 0.1) is 11.8 Å². The van der Waals surface area contributed by atoms with Crippen molar-refractivity contribution in [2.24, 2.45) is 11.8 Å². The van der Waals surface area contributed by atoms with Gasteiger partial charge in [-0.2, -0.15) is 0 Å². The average molecular weight is 457 g/mol. The SMILES string of the molecule is CC(C)C[C@H](NC(=O)c1ccc(N2CCN(C)CC2)cc1)C(=O)N1C[C@@H](C)[C@H]2OCC(=O)[C@H]21. The molecule has 0 spiro atoms. The van der Waals surface area contributed by atoms with Crippen molar-refractivity contribution < 1.29 is 19.1 Å². The van der Waals surface area contributed by atoms with Crippen molar-refractivity contribution in [2.75, 3.05) is 51.3 Å². The number of carbonyl (C=O) groups excluding carboxylic acids is 3. The van der Waals surface area contributed by atoms with E-state index in [1.54, 1.807) is 4.90 Å². The molecule has 0 aliphatic carbocycles. The lowest BCUT2D eigenvalue weighted by atomic mass is 10.0. The summed E-state index contributed by atoms with van der Waals surface area (Å²) in [5.41, 5.74) is 1.63. The summed E-state index contributed by atoms with van der Waals surface area (Å²) in [5, 5.41) is 2.95. The Balaban J connectivity index is 1.44. The predicted molar refractivity (Wildman–Crippen MR) is 126 cm³/mol. The molecule has 0 unspecified atom stereocenters. The van der Waals surface area contributed by atoms with Gasteiger partial charge in [0.1, 0.15) is 18.7 Å². The quantitative estimate of drug-likeness (QED) is 0.697. The van der Waals surface area contributed by atoms with Gasteiger partial charge in [-0.05, 0) is 43.7 Å². The number of hydrogen-bond donors (Lipinski definition) is 1. The summed E-state index contributed by atoms with van der Waals surface area (Å²) >= 11 is 0. The Hall–Kier alpha value is -2.45. The highest BCUT2D eigenvalue weighted by molar-refractivity contribution is 5.99. The van der Waals surface area contributed by atoms with Crippen LogP contribution in [0.4, 0.5) is 5.69 Å². The van der Waals surface area contributed by atoms with Gasteiger partial charge < -0.3 is 24.8 Å². The second-order valence-corrected chi connectivity index (χ2v) is 10.1. The van der Waals surface area contributed by atoms with Gasteiger partial charge >= 0.3 is 0 Å². The van der Waals surface area contributed by atoms with Crippen molar-refractivity contribution in [3.05, 3.63) is 29.8 Å². The van der Waals surface area contributed by atoms with Crippen molar-refractivity contribution in [3.8, 4) is 0 Å². The molecule has 2 amide bonds. The summed E-state index contributed by atoms with van der Waals surface area (Å²) < 4.78 is 5.62. The van der Waals surface area contributed by atoms with E-state index in [9.17, 15) is 14.4 Å². The van der Waals surface area contributed by atoms with Crippen molar-refractivity contribution in [2.45, 2.75) is 45.4 Å². The molecule has 4 rings (SSSR count). The molecule has 0 saturated carbocycles. The number of ketones is 1. The summed E-state index contributed by atoms with van der Waals surface area (Å²) in [5.74, 6) is -0.194. The summed E-state index contributed by atoms with van der Waals surface area (Å²) in [6.07, 6.45) is 0.278. The zero-order chi connectivity index (χ0) is 23.7. The minimum atomic E-state index is -0.672. The monoisotopic (exact) mass is 456 g/mol. The maximum atomic E-state index is 13.5. The third kappa shape index (κ3) is 5.06. The summed E-state index contributed by atoms with van der Waals surface area (Å²) in [4.78, 5) is 45.1. The number of piperazine rings is 1. The predicted octanol–water partition coefficient (Wildman–Crippen LogP) is 1.40. The smallest absolute Gasteiger partial charge is 0.251 e. The molecular weight excluding hydrogens is 420 g/mol. The van der Waals surface area contributed by atoms with E-state index in [2.05, 4.69) is 22.2 Å². The number of nitrogens with one attached hydrogen (secondary N) is 1. The van der Waals surface area contributed by atoms with Crippen LogP contribution < -0.4 is 10.2 Å². The van der Waals surface area contributed by atoms with E-state index >= 15 is 0 Å². The molecule has 3 aliphatic heterocycles. The molecule has 0 bridgehead atoms. The second kappa shape index (κ2) is 9.81. The number of likely N-dealkylation sites (tertiary alicyclic amines) is 1. The minimum absolute atomic E-state index is 0.0492. The molecule has 180 valence electrons. The maximum absolute atomic E-state index is 13.5. The van der Waals surface area contributed by atoms with Crippen molar-refractivity contribution >= 4 is 23.3 Å². The molecule has 3 fully saturated rings. The van der Waals surface area contributed by atoms with E-state index < -0.39 is 12.1 Å². The molecule has 0 aromatic heterocycles. The molecule has 33 heavy (non-hydrogen) atoms. The van der Waals surface area contributed by atoms with Gasteiger partial charge in [-0.15, -0.1) is 0 Å². The number of ether oxygens (including phenoxy) is 1. The molecule has 1 N–H and O–H groups in total. The molecule has 3 aliphatic rings. The summed E-state index contributed by atoms with van der Waals surface area (Å²) in [7, 11) is 2.12. The van der Waals surface area contributed by atoms with Crippen LogP contribution in [0.15, 0.2) is 24.3 Å². The zero-order valence-electron chi connectivity index (χ0n) is 20.1. The highest BCUT2D eigenvalue weighted by Crippen LogP contribution is 2.32. The third-order valence-corrected chi connectivity index (χ3v) is 7.03. The largest absolute Gasteiger partial charge is 0.369 e. The summed E-state index contributed by atoms with van der Waals surface area (Å²) in [6, 6.07) is 6.39. The van der Waals surface area contributed by atoms with Crippen molar-refractivity contribution in [1.82, 2.24) is 15.1 Å². The molecule has 8 heteroatoms. The number of nitrogens with zero attached hydrogens (tertiary/aromatic N) is 3. The molecule has 3 saturated heterocycles. The van der Waals surface area contributed by atoms with E-state index in [-0.39, 0.29) is 42.1 Å². The standard InChI is InChI=1S/C25H36N4O4/c1-16(2)13-20(25(32)29-14-17(3)23-22(29)21(30)15-33-23)26-24(31)18-5-7-19(8-6-18)28-11-9-27(4)10-12-28/h5-8,16-17,20,22-23H,9-15H2,1-4H3,(H,26,31)/t17-,20+,22-,23-/m1/s1. The normalized spacial score (nSPS) is 26.6. The Morgan fingerprint density at radius 1 is 1.12 bits per heavy atom. The number of hydrogen-bond acceptors (Lipinski definition) is 6. The van der Waals surface area contributed by atoms with Crippen LogP contribution in [0.3, 0.4) is 0 Å². The van der Waals surface area contributed by atoms with E-state index in [4.69, 9.17) is 4.74 Å². The number of benzene rings is 1. The lowest BCUT2D eigenvalue weighted by Crippen LogP contribution is -2.52. The van der Waals surface area contributed by atoms with Gasteiger partial charge in [0, 0.05) is 49.9 Å². The highest BCUT2D eigenvalue weighted by atomic mass is 16.5. The fourth-order valence-electron chi connectivity index (χ4n) is 5.14. The van der Waals surface area contributed by atoms with Crippen molar-refractivity contribution in [1.29, 1.82) is 0 Å². The first-order chi connectivity index (χ1) is 15.7. The average Bonchev–Trinajstić information content (AvgIpc) is 3.33. The number of rotatable bonds is 6. The van der Waals surface area contributed by atoms with Gasteiger partial charge in [0.15, 0.2) is 5.78 Å². The fourth-order valence-corrected chi connectivity index (χ4v) is 5.14. The van der Waals surface area contributed by atoms with Crippen molar-refractivity contribution in [3.63, 3.8) is 0 Å². The van der Waals surface area contributed by atoms with Gasteiger partial charge in [0.25, 0.3) is 5.91 Å². The van der Waals surface area contributed by atoms with Crippen LogP contribution in [0.2, 0.25) is 0 Å². The van der Waals surface area contributed by atoms with Gasteiger partial charge in [-0.3, -0.25) is 14.4 Å². The van der Waals surface area contributed by atoms with E-state index in [0.717, 1.165) is 31.9 Å². The molecule has 1 aromatic carbocycles. The Kier molecular flexibility index (Phi) is 7.05. The highest BCUT2D eigenvalue weighted by Gasteiger charge is 2.51. The fraction of sp³-hybridized carbons (Fsp3) is 0.640. The number of anilines is 1. The van der Waals surface area contributed by atoms with Crippen LogP contribution in [0.5, 0.6) is 0 Å². The van der Waals surface area contributed by atoms with E-state index in [1.807, 2.05) is 45.0 Å². The Morgan fingerprint density at radius 3 is 2.42 bits per heavy atom. The zero-order valence-corrected chi connectivity index (χ0v) is 20.1. The second-order valence-electron chi connectivity index (χ2n) is 10.1. The van der Waals surface area contributed by atoms with Gasteiger partial charge in [-0.1, -0.05) is 20.8 Å². The van der Waals surface area contributed by atoms with E-state index in [1.165, 1.54) is 0 Å². The lowest BCUT2D eigenvalue weighted by molar-refractivity contribution is -0.138. The van der Waals surface area contributed by atoms with Crippen LogP contribution in [-0.4, -0.2) is 92.0 Å². The lowest BCUT2D eigenvalue weighted by Gasteiger charge is -2.34. The van der Waals surface area contributed by atoms with Crippen LogP contribution >= 0.6 is 0 Å². The Labute approximate surface area is 196 Å². The van der Waals surface area contributed by atoms with Gasteiger partial charge in [0.2, 0.25) is 5.91 Å². The molecular formula is C25H36N4O4. The first kappa shape index (κ1) is 23.7. The number of likely N-dealkylation sites (N-methyl/N-ethyl adjacent to an activating group) is 1. The third-order valence-electron chi connectivity index (χ3n) is 7.03. The summed E-state index contributed by atoms with van der Waals surface area (Å²) in [6.45, 7) is 10.6. The first-order valence-electron chi connectivity index (χ1n) is 12.0. The number of fused-ring (bicyclic) bond motifs is 1. The minimum Gasteiger partial charge on any atom is -0.369 e. The molecule has 0 radical (unpaired) electrons. The molecule has 4 atom stereocenters.